The Hall–Kier alpha value is 0.290. The first-order valence-corrected chi connectivity index (χ1v) is 5.55. The van der Waals surface area contributed by atoms with E-state index in [1.807, 2.05) is 0 Å². The predicted octanol–water partition coefficient (Wildman–Crippen LogP) is 4.61. The summed E-state index contributed by atoms with van der Waals surface area (Å²) in [4.78, 5) is -0.0178. The third kappa shape index (κ3) is 8.39. The van der Waals surface area contributed by atoms with E-state index in [4.69, 9.17) is 11.6 Å². The second kappa shape index (κ2) is 5.85. The Morgan fingerprint density at radius 1 is 1.25 bits per heavy atom. The Bertz CT molecular complexity index is 97.3. The zero-order valence-electron chi connectivity index (χ0n) is 8.99. The fourth-order valence-corrected chi connectivity index (χ4v) is 0.885. The maximum Gasteiger partial charge on any atom is 0.0416 e. The van der Waals surface area contributed by atoms with Crippen LogP contribution in [0.15, 0.2) is 0 Å². The second-order valence-corrected chi connectivity index (χ2v) is 5.29. The fraction of sp³-hybridized carbons (Fsp3) is 1.00. The molecule has 1 aliphatic carbocycles. The van der Waals surface area contributed by atoms with E-state index in [0.717, 1.165) is 0 Å². The molecular weight excluding hydrogens is 168 g/mol. The highest BCUT2D eigenvalue weighted by atomic mass is 35.5. The Morgan fingerprint density at radius 3 is 1.75 bits per heavy atom. The third-order valence-electron chi connectivity index (χ3n) is 2.25. The molecule has 0 aromatic heterocycles. The lowest BCUT2D eigenvalue weighted by atomic mass is 9.93. The van der Waals surface area contributed by atoms with Crippen LogP contribution in [0.5, 0.6) is 0 Å². The molecule has 1 saturated carbocycles. The lowest BCUT2D eigenvalue weighted by molar-refractivity contribution is 0.418. The smallest absolute Gasteiger partial charge is 0.0416 e. The molecule has 1 fully saturated rings. The molecule has 0 bridgehead atoms. The van der Waals surface area contributed by atoms with Crippen molar-refractivity contribution in [1.82, 2.24) is 0 Å². The number of halogens is 1. The van der Waals surface area contributed by atoms with Gasteiger partial charge in [-0.1, -0.05) is 39.5 Å². The van der Waals surface area contributed by atoms with Gasteiger partial charge in [0.05, 0.1) is 0 Å². The number of alkyl halides is 1. The van der Waals surface area contributed by atoms with Crippen molar-refractivity contribution < 1.29 is 0 Å². The molecule has 12 heavy (non-hydrogen) atoms. The molecule has 0 nitrogen and oxygen atoms in total. The van der Waals surface area contributed by atoms with Crippen LogP contribution < -0.4 is 0 Å². The standard InChI is InChI=1S/C8H17Cl.C3H6/c1-5-6-7(2)8(3,4)9;1-2-3-1/h7H,5-6H2,1-4H3;1-3H2. The summed E-state index contributed by atoms with van der Waals surface area (Å²) in [6.07, 6.45) is 6.97. The fourth-order valence-electron chi connectivity index (χ4n) is 0.776. The van der Waals surface area contributed by atoms with Gasteiger partial charge < -0.3 is 0 Å². The van der Waals surface area contributed by atoms with Crippen molar-refractivity contribution in [2.75, 3.05) is 0 Å². The van der Waals surface area contributed by atoms with Gasteiger partial charge >= 0.3 is 0 Å². The van der Waals surface area contributed by atoms with E-state index in [-0.39, 0.29) is 4.87 Å². The molecule has 0 radical (unpaired) electrons. The molecule has 1 heteroatoms. The molecule has 1 atom stereocenters. The highest BCUT2D eigenvalue weighted by Crippen LogP contribution is 2.27. The molecule has 0 saturated heterocycles. The highest BCUT2D eigenvalue weighted by Gasteiger charge is 2.20. The van der Waals surface area contributed by atoms with E-state index >= 15 is 0 Å². The summed E-state index contributed by atoms with van der Waals surface area (Å²) in [6.45, 7) is 8.55. The minimum Gasteiger partial charge on any atom is -0.120 e. The summed E-state index contributed by atoms with van der Waals surface area (Å²) < 4.78 is 0. The van der Waals surface area contributed by atoms with Gasteiger partial charge in [0.15, 0.2) is 0 Å². The molecule has 1 unspecified atom stereocenters. The van der Waals surface area contributed by atoms with Gasteiger partial charge in [0.2, 0.25) is 0 Å². The Labute approximate surface area is 82.7 Å². The van der Waals surface area contributed by atoms with Crippen LogP contribution in [0.3, 0.4) is 0 Å². The SMILES string of the molecule is C1CC1.CCCC(C)C(C)(C)Cl. The summed E-state index contributed by atoms with van der Waals surface area (Å²) in [5.41, 5.74) is 0. The summed E-state index contributed by atoms with van der Waals surface area (Å²) in [6, 6.07) is 0. The Morgan fingerprint density at radius 2 is 1.67 bits per heavy atom. The Balaban J connectivity index is 0.000000330. The monoisotopic (exact) mass is 190 g/mol. The van der Waals surface area contributed by atoms with Crippen molar-refractivity contribution in [2.45, 2.75) is 64.7 Å². The summed E-state index contributed by atoms with van der Waals surface area (Å²) in [5, 5.41) is 0. The maximum absolute atomic E-state index is 6.06. The van der Waals surface area contributed by atoms with Gasteiger partial charge in [0.1, 0.15) is 0 Å². The predicted molar refractivity (Wildman–Crippen MR) is 57.9 cm³/mol. The van der Waals surface area contributed by atoms with Crippen LogP contribution in [0.2, 0.25) is 0 Å². The number of hydrogen-bond donors (Lipinski definition) is 0. The molecule has 1 rings (SSSR count). The third-order valence-corrected chi connectivity index (χ3v) is 2.62. The average molecular weight is 191 g/mol. The molecule has 0 aliphatic heterocycles. The normalized spacial score (nSPS) is 17.8. The van der Waals surface area contributed by atoms with E-state index in [1.54, 1.807) is 0 Å². The zero-order chi connectivity index (χ0) is 9.61. The largest absolute Gasteiger partial charge is 0.120 e. The van der Waals surface area contributed by atoms with Crippen LogP contribution in [-0.4, -0.2) is 4.87 Å². The van der Waals surface area contributed by atoms with Crippen molar-refractivity contribution in [3.05, 3.63) is 0 Å². The van der Waals surface area contributed by atoms with Crippen molar-refractivity contribution in [3.63, 3.8) is 0 Å². The van der Waals surface area contributed by atoms with Crippen LogP contribution >= 0.6 is 11.6 Å². The Kier molecular flexibility index (Phi) is 6.00. The van der Waals surface area contributed by atoms with E-state index in [2.05, 4.69) is 27.7 Å². The van der Waals surface area contributed by atoms with Gasteiger partial charge in [-0.2, -0.15) is 0 Å². The molecule has 1 aliphatic rings. The van der Waals surface area contributed by atoms with Gasteiger partial charge in [-0.15, -0.1) is 11.6 Å². The molecule has 0 N–H and O–H groups in total. The van der Waals surface area contributed by atoms with E-state index < -0.39 is 0 Å². The second-order valence-electron chi connectivity index (χ2n) is 4.31. The summed E-state index contributed by atoms with van der Waals surface area (Å²) >= 11 is 6.06. The average Bonchev–Trinajstić information content (AvgIpc) is 2.69. The minimum atomic E-state index is -0.0178. The van der Waals surface area contributed by atoms with Crippen LogP contribution in [0.4, 0.5) is 0 Å². The van der Waals surface area contributed by atoms with Crippen molar-refractivity contribution in [3.8, 4) is 0 Å². The number of rotatable bonds is 3. The molecular formula is C11H23Cl. The van der Waals surface area contributed by atoms with Gasteiger partial charge in [0, 0.05) is 4.87 Å². The van der Waals surface area contributed by atoms with Gasteiger partial charge in [-0.3, -0.25) is 0 Å². The molecule has 0 amide bonds. The molecule has 0 aromatic rings. The van der Waals surface area contributed by atoms with E-state index in [0.29, 0.717) is 5.92 Å². The van der Waals surface area contributed by atoms with Crippen molar-refractivity contribution in [2.24, 2.45) is 5.92 Å². The minimum absolute atomic E-state index is 0.0178. The van der Waals surface area contributed by atoms with Gasteiger partial charge in [0.25, 0.3) is 0 Å². The van der Waals surface area contributed by atoms with Gasteiger partial charge in [-0.25, -0.2) is 0 Å². The van der Waals surface area contributed by atoms with Gasteiger partial charge in [-0.05, 0) is 26.2 Å². The molecule has 0 spiro atoms. The topological polar surface area (TPSA) is 0 Å². The maximum atomic E-state index is 6.06. The first-order chi connectivity index (χ1) is 5.48. The summed E-state index contributed by atoms with van der Waals surface area (Å²) in [5.74, 6) is 0.629. The lowest BCUT2D eigenvalue weighted by Gasteiger charge is -2.23. The molecule has 0 aromatic carbocycles. The van der Waals surface area contributed by atoms with Crippen molar-refractivity contribution >= 4 is 11.6 Å². The molecule has 0 heterocycles. The lowest BCUT2D eigenvalue weighted by Crippen LogP contribution is -2.21. The van der Waals surface area contributed by atoms with E-state index in [1.165, 1.54) is 32.1 Å². The van der Waals surface area contributed by atoms with Crippen LogP contribution in [0.1, 0.15) is 59.8 Å². The van der Waals surface area contributed by atoms with Crippen LogP contribution in [-0.2, 0) is 0 Å². The number of hydrogen-bond acceptors (Lipinski definition) is 0. The van der Waals surface area contributed by atoms with E-state index in [9.17, 15) is 0 Å². The highest BCUT2D eigenvalue weighted by molar-refractivity contribution is 6.23. The van der Waals surface area contributed by atoms with Crippen LogP contribution in [0, 0.1) is 5.92 Å². The first kappa shape index (κ1) is 12.3. The summed E-state index contributed by atoms with van der Waals surface area (Å²) in [7, 11) is 0. The van der Waals surface area contributed by atoms with Crippen molar-refractivity contribution in [1.29, 1.82) is 0 Å². The quantitative estimate of drug-likeness (QED) is 0.571. The zero-order valence-corrected chi connectivity index (χ0v) is 9.75. The molecule has 74 valence electrons. The van der Waals surface area contributed by atoms with Crippen LogP contribution in [0.25, 0.3) is 0 Å². The first-order valence-electron chi connectivity index (χ1n) is 5.17.